The summed E-state index contributed by atoms with van der Waals surface area (Å²) in [5.41, 5.74) is 6.48. The first-order valence-corrected chi connectivity index (χ1v) is 5.14. The molecular weight excluding hydrogens is 184 g/mol. The Morgan fingerprint density at radius 1 is 1.62 bits per heavy atom. The van der Waals surface area contributed by atoms with E-state index in [1.165, 1.54) is 11.8 Å². The highest BCUT2D eigenvalue weighted by Gasteiger charge is 2.04. The highest BCUT2D eigenvalue weighted by Crippen LogP contribution is 2.16. The maximum Gasteiger partial charge on any atom is 0.264 e. The maximum atomic E-state index is 11.6. The average molecular weight is 198 g/mol. The molecule has 0 fully saturated rings. The van der Waals surface area contributed by atoms with Crippen LogP contribution in [0.4, 0.5) is 0 Å². The molecular formula is C9H14N2OS. The van der Waals surface area contributed by atoms with Crippen molar-refractivity contribution >= 4 is 11.8 Å². The highest BCUT2D eigenvalue weighted by atomic mass is 32.2. The number of rotatable bonds is 3. The molecule has 0 bridgehead atoms. The van der Waals surface area contributed by atoms with Crippen LogP contribution in [-0.2, 0) is 7.05 Å². The molecule has 0 amide bonds. The van der Waals surface area contributed by atoms with Gasteiger partial charge in [-0.15, -0.1) is 11.8 Å². The Morgan fingerprint density at radius 2 is 2.31 bits per heavy atom. The summed E-state index contributed by atoms with van der Waals surface area (Å²) in [6, 6.07) is 1.94. The number of nitrogens with zero attached hydrogens (tertiary/aromatic N) is 1. The van der Waals surface area contributed by atoms with E-state index in [0.717, 1.165) is 16.2 Å². The Balaban J connectivity index is 3.03. The number of nitrogens with two attached hydrogens (primary N) is 1. The van der Waals surface area contributed by atoms with E-state index in [0.29, 0.717) is 6.54 Å². The second-order valence-corrected chi connectivity index (χ2v) is 3.99. The summed E-state index contributed by atoms with van der Waals surface area (Å²) in [7, 11) is 1.76. The van der Waals surface area contributed by atoms with E-state index in [4.69, 9.17) is 5.73 Å². The first kappa shape index (κ1) is 10.3. The Labute approximate surface area is 81.9 Å². The van der Waals surface area contributed by atoms with Gasteiger partial charge in [0.1, 0.15) is 0 Å². The van der Waals surface area contributed by atoms with Gasteiger partial charge in [0.2, 0.25) is 0 Å². The normalized spacial score (nSPS) is 10.4. The lowest BCUT2D eigenvalue weighted by Crippen LogP contribution is -2.19. The first-order valence-electron chi connectivity index (χ1n) is 4.16. The summed E-state index contributed by atoms with van der Waals surface area (Å²) in [5, 5.41) is 0. The SMILES string of the molecule is Cc1ccn(C)c(=O)c1SCCN. The van der Waals surface area contributed by atoms with Crippen molar-refractivity contribution in [3.63, 3.8) is 0 Å². The van der Waals surface area contributed by atoms with Crippen LogP contribution in [0.5, 0.6) is 0 Å². The van der Waals surface area contributed by atoms with E-state index < -0.39 is 0 Å². The lowest BCUT2D eigenvalue weighted by Gasteiger charge is -2.05. The molecule has 1 rings (SSSR count). The van der Waals surface area contributed by atoms with Crippen molar-refractivity contribution in [2.45, 2.75) is 11.8 Å². The molecule has 0 saturated heterocycles. The summed E-state index contributed by atoms with van der Waals surface area (Å²) in [6.07, 6.45) is 1.78. The van der Waals surface area contributed by atoms with Crippen molar-refractivity contribution in [1.82, 2.24) is 4.57 Å². The van der Waals surface area contributed by atoms with Gasteiger partial charge in [-0.25, -0.2) is 0 Å². The molecule has 2 N–H and O–H groups in total. The van der Waals surface area contributed by atoms with E-state index in [9.17, 15) is 4.79 Å². The molecule has 0 aromatic carbocycles. The average Bonchev–Trinajstić information content (AvgIpc) is 2.12. The van der Waals surface area contributed by atoms with Gasteiger partial charge in [-0.3, -0.25) is 4.79 Å². The van der Waals surface area contributed by atoms with Crippen molar-refractivity contribution in [1.29, 1.82) is 0 Å². The first-order chi connectivity index (χ1) is 6.16. The minimum Gasteiger partial charge on any atom is -0.330 e. The number of pyridine rings is 1. The molecule has 0 aliphatic carbocycles. The van der Waals surface area contributed by atoms with Gasteiger partial charge in [-0.05, 0) is 18.6 Å². The summed E-state index contributed by atoms with van der Waals surface area (Å²) in [6.45, 7) is 2.54. The Hall–Kier alpha value is -0.740. The van der Waals surface area contributed by atoms with Crippen LogP contribution in [0.15, 0.2) is 22.0 Å². The number of hydrogen-bond donors (Lipinski definition) is 1. The van der Waals surface area contributed by atoms with E-state index in [1.807, 2.05) is 13.0 Å². The van der Waals surface area contributed by atoms with Crippen LogP contribution < -0.4 is 11.3 Å². The second-order valence-electron chi connectivity index (χ2n) is 2.88. The number of hydrogen-bond acceptors (Lipinski definition) is 3. The lowest BCUT2D eigenvalue weighted by molar-refractivity contribution is 0.824. The second kappa shape index (κ2) is 4.48. The van der Waals surface area contributed by atoms with E-state index in [1.54, 1.807) is 17.8 Å². The third kappa shape index (κ3) is 2.35. The van der Waals surface area contributed by atoms with Crippen LogP contribution in [0.3, 0.4) is 0 Å². The fourth-order valence-electron chi connectivity index (χ4n) is 1.03. The third-order valence-electron chi connectivity index (χ3n) is 1.79. The summed E-state index contributed by atoms with van der Waals surface area (Å²) in [5.74, 6) is 0.792. The van der Waals surface area contributed by atoms with Gasteiger partial charge in [0.15, 0.2) is 0 Å². The van der Waals surface area contributed by atoms with Gasteiger partial charge in [-0.2, -0.15) is 0 Å². The molecule has 1 heterocycles. The molecule has 0 aliphatic heterocycles. The van der Waals surface area contributed by atoms with Gasteiger partial charge >= 0.3 is 0 Å². The number of aryl methyl sites for hydroxylation is 2. The standard InChI is InChI=1S/C9H14N2OS/c1-7-3-5-11(2)9(12)8(7)13-6-4-10/h3,5H,4,6,10H2,1-2H3. The number of aromatic nitrogens is 1. The third-order valence-corrected chi connectivity index (χ3v) is 3.01. The van der Waals surface area contributed by atoms with Crippen LogP contribution >= 0.6 is 11.8 Å². The zero-order valence-corrected chi connectivity index (χ0v) is 8.73. The molecule has 1 aromatic rings. The molecule has 1 aromatic heterocycles. The zero-order valence-electron chi connectivity index (χ0n) is 7.91. The Kier molecular flexibility index (Phi) is 3.57. The molecule has 3 nitrogen and oxygen atoms in total. The molecule has 0 aliphatic rings. The Bertz CT molecular complexity index is 346. The molecule has 4 heteroatoms. The maximum absolute atomic E-state index is 11.6. The highest BCUT2D eigenvalue weighted by molar-refractivity contribution is 7.99. The summed E-state index contributed by atoms with van der Waals surface area (Å²) >= 11 is 1.53. The molecule has 13 heavy (non-hydrogen) atoms. The molecule has 0 saturated carbocycles. The van der Waals surface area contributed by atoms with Crippen molar-refractivity contribution in [2.24, 2.45) is 12.8 Å². The monoisotopic (exact) mass is 198 g/mol. The minimum atomic E-state index is 0.0680. The van der Waals surface area contributed by atoms with Gasteiger partial charge in [0.25, 0.3) is 5.56 Å². The fraction of sp³-hybridized carbons (Fsp3) is 0.444. The van der Waals surface area contributed by atoms with Crippen LogP contribution in [0.1, 0.15) is 5.56 Å². The lowest BCUT2D eigenvalue weighted by atomic mass is 10.3. The van der Waals surface area contributed by atoms with Crippen molar-refractivity contribution in [2.75, 3.05) is 12.3 Å². The molecule has 72 valence electrons. The fourth-order valence-corrected chi connectivity index (χ4v) is 1.92. The molecule has 0 spiro atoms. The van der Waals surface area contributed by atoms with Crippen LogP contribution in [0, 0.1) is 6.92 Å². The van der Waals surface area contributed by atoms with Crippen molar-refractivity contribution in [3.8, 4) is 0 Å². The number of thioether (sulfide) groups is 1. The van der Waals surface area contributed by atoms with E-state index >= 15 is 0 Å². The van der Waals surface area contributed by atoms with Crippen molar-refractivity contribution < 1.29 is 0 Å². The minimum absolute atomic E-state index is 0.0680. The topological polar surface area (TPSA) is 48.0 Å². The molecule has 0 atom stereocenters. The smallest absolute Gasteiger partial charge is 0.264 e. The van der Waals surface area contributed by atoms with Gasteiger partial charge in [0, 0.05) is 25.5 Å². The van der Waals surface area contributed by atoms with Gasteiger partial charge in [0.05, 0.1) is 4.90 Å². The summed E-state index contributed by atoms with van der Waals surface area (Å²) in [4.78, 5) is 12.4. The van der Waals surface area contributed by atoms with Gasteiger partial charge in [-0.1, -0.05) is 0 Å². The van der Waals surface area contributed by atoms with Crippen LogP contribution in [0.25, 0.3) is 0 Å². The van der Waals surface area contributed by atoms with Crippen molar-refractivity contribution in [3.05, 3.63) is 28.2 Å². The van der Waals surface area contributed by atoms with Gasteiger partial charge < -0.3 is 10.3 Å². The predicted molar refractivity (Wildman–Crippen MR) is 56.2 cm³/mol. The predicted octanol–water partition coefficient (Wildman–Crippen LogP) is 0.745. The molecule has 0 radical (unpaired) electrons. The van der Waals surface area contributed by atoms with Crippen LogP contribution in [0.2, 0.25) is 0 Å². The molecule has 0 unspecified atom stereocenters. The zero-order chi connectivity index (χ0) is 9.84. The summed E-state index contributed by atoms with van der Waals surface area (Å²) < 4.78 is 1.59. The quantitative estimate of drug-likeness (QED) is 0.729. The van der Waals surface area contributed by atoms with E-state index in [2.05, 4.69) is 0 Å². The Morgan fingerprint density at radius 3 is 2.92 bits per heavy atom. The largest absolute Gasteiger partial charge is 0.330 e. The van der Waals surface area contributed by atoms with E-state index in [-0.39, 0.29) is 5.56 Å². The van der Waals surface area contributed by atoms with Crippen LogP contribution in [-0.4, -0.2) is 16.9 Å².